The zero-order valence-corrected chi connectivity index (χ0v) is 14.3. The minimum Gasteiger partial charge on any atom is -0.493 e. The van der Waals surface area contributed by atoms with Gasteiger partial charge in [-0.2, -0.15) is 5.10 Å². The molecule has 2 aromatic rings. The van der Waals surface area contributed by atoms with Gasteiger partial charge in [-0.05, 0) is 18.6 Å². The Labute approximate surface area is 138 Å². The number of aromatic nitrogens is 2. The fourth-order valence-electron chi connectivity index (χ4n) is 2.31. The first-order valence-corrected chi connectivity index (χ1v) is 8.19. The van der Waals surface area contributed by atoms with Gasteiger partial charge in [0.25, 0.3) is 0 Å². The predicted octanol–water partition coefficient (Wildman–Crippen LogP) is 3.61. The Morgan fingerprint density at radius 3 is 2.74 bits per heavy atom. The van der Waals surface area contributed by atoms with E-state index in [4.69, 9.17) is 4.74 Å². The zero-order valence-electron chi connectivity index (χ0n) is 14.3. The first kappa shape index (κ1) is 17.1. The number of imidazole rings is 1. The Morgan fingerprint density at radius 2 is 2.04 bits per heavy atom. The number of unbranched alkanes of at least 4 members (excludes halogenated alkanes) is 3. The second-order valence-electron chi connectivity index (χ2n) is 5.65. The van der Waals surface area contributed by atoms with Gasteiger partial charge in [-0.25, -0.2) is 4.98 Å². The minimum absolute atomic E-state index is 0.732. The number of hydrogen-bond donors (Lipinski definition) is 0. The van der Waals surface area contributed by atoms with Gasteiger partial charge in [0, 0.05) is 26.5 Å². The molecule has 0 bridgehead atoms. The van der Waals surface area contributed by atoms with Crippen LogP contribution in [0.4, 0.5) is 0 Å². The van der Waals surface area contributed by atoms with Crippen molar-refractivity contribution in [2.75, 3.05) is 20.7 Å². The molecule has 1 heterocycles. The number of hydrazone groups is 1. The van der Waals surface area contributed by atoms with Crippen LogP contribution in [0.3, 0.4) is 0 Å². The van der Waals surface area contributed by atoms with Crippen molar-refractivity contribution in [2.24, 2.45) is 5.10 Å². The first-order chi connectivity index (χ1) is 11.2. The molecule has 0 aliphatic rings. The van der Waals surface area contributed by atoms with Gasteiger partial charge >= 0.3 is 0 Å². The van der Waals surface area contributed by atoms with Gasteiger partial charge in [0.05, 0.1) is 12.2 Å². The number of nitrogens with zero attached hydrogens (tertiary/aromatic N) is 4. The molecule has 1 aromatic heterocycles. The highest BCUT2D eigenvalue weighted by molar-refractivity contribution is 6.02. The van der Waals surface area contributed by atoms with E-state index >= 15 is 0 Å². The van der Waals surface area contributed by atoms with Crippen LogP contribution in [0.2, 0.25) is 0 Å². The molecule has 2 rings (SSSR count). The summed E-state index contributed by atoms with van der Waals surface area (Å²) >= 11 is 0. The molecule has 0 amide bonds. The molecular weight excluding hydrogens is 288 g/mol. The monoisotopic (exact) mass is 314 g/mol. The summed E-state index contributed by atoms with van der Waals surface area (Å²) in [5.41, 5.74) is 0.967. The predicted molar refractivity (Wildman–Crippen MR) is 93.9 cm³/mol. The smallest absolute Gasteiger partial charge is 0.168 e. The molecule has 0 radical (unpaired) electrons. The maximum absolute atomic E-state index is 6.01. The van der Waals surface area contributed by atoms with Crippen molar-refractivity contribution in [3.8, 4) is 5.75 Å². The third-order valence-electron chi connectivity index (χ3n) is 3.43. The molecule has 0 fully saturated rings. The maximum atomic E-state index is 6.01. The quantitative estimate of drug-likeness (QED) is 0.323. The third kappa shape index (κ3) is 5.13. The Balaban J connectivity index is 2.19. The summed E-state index contributed by atoms with van der Waals surface area (Å²) in [4.78, 5) is 4.12. The van der Waals surface area contributed by atoms with Crippen LogP contribution in [-0.4, -0.2) is 41.1 Å². The van der Waals surface area contributed by atoms with Gasteiger partial charge < -0.3 is 9.75 Å². The number of benzene rings is 1. The van der Waals surface area contributed by atoms with Gasteiger partial charge in [-0.1, -0.05) is 38.3 Å². The molecule has 5 nitrogen and oxygen atoms in total. The molecule has 0 aliphatic carbocycles. The summed E-state index contributed by atoms with van der Waals surface area (Å²) in [6.45, 7) is 2.95. The van der Waals surface area contributed by atoms with Crippen molar-refractivity contribution in [3.63, 3.8) is 0 Å². The van der Waals surface area contributed by atoms with Gasteiger partial charge in [0.15, 0.2) is 5.84 Å². The van der Waals surface area contributed by atoms with Crippen LogP contribution in [0.1, 0.15) is 38.2 Å². The average molecular weight is 314 g/mol. The van der Waals surface area contributed by atoms with Crippen LogP contribution >= 0.6 is 0 Å². The van der Waals surface area contributed by atoms with Crippen molar-refractivity contribution >= 4 is 5.84 Å². The highest BCUT2D eigenvalue weighted by atomic mass is 16.5. The van der Waals surface area contributed by atoms with E-state index in [1.54, 1.807) is 17.5 Å². The molecule has 0 saturated carbocycles. The fraction of sp³-hybridized carbons (Fsp3) is 0.444. The van der Waals surface area contributed by atoms with E-state index in [1.807, 2.05) is 49.1 Å². The van der Waals surface area contributed by atoms with Crippen molar-refractivity contribution in [1.82, 2.24) is 14.6 Å². The van der Waals surface area contributed by atoms with Crippen LogP contribution in [0, 0.1) is 0 Å². The van der Waals surface area contributed by atoms with E-state index in [0.29, 0.717) is 0 Å². The first-order valence-electron chi connectivity index (χ1n) is 8.19. The summed E-state index contributed by atoms with van der Waals surface area (Å²) in [6.07, 6.45) is 10.2. The summed E-state index contributed by atoms with van der Waals surface area (Å²) in [6, 6.07) is 8.02. The van der Waals surface area contributed by atoms with Crippen LogP contribution in [0.5, 0.6) is 5.75 Å². The van der Waals surface area contributed by atoms with E-state index in [9.17, 15) is 0 Å². The van der Waals surface area contributed by atoms with Crippen molar-refractivity contribution < 1.29 is 4.74 Å². The van der Waals surface area contributed by atoms with Crippen LogP contribution in [0.25, 0.3) is 0 Å². The number of rotatable bonds is 8. The van der Waals surface area contributed by atoms with Gasteiger partial charge in [-0.15, -0.1) is 0 Å². The highest BCUT2D eigenvalue weighted by Gasteiger charge is 2.13. The molecule has 0 aliphatic heterocycles. The molecule has 1 aromatic carbocycles. The normalized spacial score (nSPS) is 11.5. The molecule has 5 heteroatoms. The third-order valence-corrected chi connectivity index (χ3v) is 3.43. The summed E-state index contributed by atoms with van der Waals surface area (Å²) in [7, 11) is 3.82. The number of para-hydroxylation sites is 1. The largest absolute Gasteiger partial charge is 0.493 e. The van der Waals surface area contributed by atoms with Crippen molar-refractivity contribution in [3.05, 3.63) is 48.5 Å². The Morgan fingerprint density at radius 1 is 1.22 bits per heavy atom. The second kappa shape index (κ2) is 8.98. The minimum atomic E-state index is 0.732. The summed E-state index contributed by atoms with van der Waals surface area (Å²) in [5, 5.41) is 6.39. The van der Waals surface area contributed by atoms with E-state index in [-0.39, 0.29) is 0 Å². The SMILES string of the molecule is CCCCCCOc1ccccc1C(=NN(C)C)n1ccnc1. The van der Waals surface area contributed by atoms with Gasteiger partial charge in [-0.3, -0.25) is 4.57 Å². The summed E-state index contributed by atoms with van der Waals surface area (Å²) < 4.78 is 7.91. The molecule has 23 heavy (non-hydrogen) atoms. The van der Waals surface area contributed by atoms with E-state index in [0.717, 1.165) is 30.2 Å². The lowest BCUT2D eigenvalue weighted by Crippen LogP contribution is -2.18. The van der Waals surface area contributed by atoms with Crippen LogP contribution in [0.15, 0.2) is 48.1 Å². The Kier molecular flexibility index (Phi) is 6.66. The van der Waals surface area contributed by atoms with Crippen molar-refractivity contribution in [2.45, 2.75) is 32.6 Å². The fourth-order valence-corrected chi connectivity index (χ4v) is 2.31. The van der Waals surface area contributed by atoms with E-state index in [1.165, 1.54) is 19.3 Å². The molecule has 0 atom stereocenters. The molecule has 0 saturated heterocycles. The van der Waals surface area contributed by atoms with Crippen LogP contribution < -0.4 is 4.74 Å². The average Bonchev–Trinajstić information content (AvgIpc) is 3.07. The lowest BCUT2D eigenvalue weighted by atomic mass is 10.1. The maximum Gasteiger partial charge on any atom is 0.168 e. The standard InChI is InChI=1S/C18H26N4O/c1-4-5-6-9-14-23-17-11-8-7-10-16(17)18(20-21(2)3)22-13-12-19-15-22/h7-8,10-13,15H,4-6,9,14H2,1-3H3. The highest BCUT2D eigenvalue weighted by Crippen LogP contribution is 2.20. The Hall–Kier alpha value is -2.30. The molecular formula is C18H26N4O. The van der Waals surface area contributed by atoms with Gasteiger partial charge in [0.2, 0.25) is 0 Å². The van der Waals surface area contributed by atoms with Crippen molar-refractivity contribution in [1.29, 1.82) is 0 Å². The molecule has 0 unspecified atom stereocenters. The molecule has 0 spiro atoms. The Bertz CT molecular complexity index is 605. The molecule has 124 valence electrons. The van der Waals surface area contributed by atoms with E-state index in [2.05, 4.69) is 17.0 Å². The topological polar surface area (TPSA) is 42.6 Å². The van der Waals surface area contributed by atoms with E-state index < -0.39 is 0 Å². The second-order valence-corrected chi connectivity index (χ2v) is 5.65. The lowest BCUT2D eigenvalue weighted by molar-refractivity contribution is 0.304. The number of ether oxygens (including phenoxy) is 1. The van der Waals surface area contributed by atoms with Gasteiger partial charge in [0.1, 0.15) is 12.1 Å². The summed E-state index contributed by atoms with van der Waals surface area (Å²) in [5.74, 6) is 1.66. The zero-order chi connectivity index (χ0) is 16.5. The molecule has 0 N–H and O–H groups in total. The number of hydrogen-bond acceptors (Lipinski definition) is 4. The lowest BCUT2D eigenvalue weighted by Gasteiger charge is -2.15. The van der Waals surface area contributed by atoms with Crippen LogP contribution in [-0.2, 0) is 0 Å².